The SMILES string of the molecule is O=c1[nH]c(Nc2ccc(Cl)cc2)c(C=C2C=NN=C2c2ccccc2)s1. The van der Waals surface area contributed by atoms with Gasteiger partial charge in [0.15, 0.2) is 0 Å². The van der Waals surface area contributed by atoms with Crippen molar-refractivity contribution in [3.63, 3.8) is 0 Å². The summed E-state index contributed by atoms with van der Waals surface area (Å²) < 4.78 is 0. The molecule has 1 aromatic heterocycles. The van der Waals surface area contributed by atoms with E-state index < -0.39 is 0 Å². The molecule has 0 radical (unpaired) electrons. The second-order valence-electron chi connectivity index (χ2n) is 5.54. The monoisotopic (exact) mass is 380 g/mol. The lowest BCUT2D eigenvalue weighted by Crippen LogP contribution is -2.02. The normalized spacial score (nSPS) is 14.7. The lowest BCUT2D eigenvalue weighted by molar-refractivity contribution is 1.28. The van der Waals surface area contributed by atoms with E-state index in [9.17, 15) is 4.79 Å². The molecule has 0 saturated heterocycles. The van der Waals surface area contributed by atoms with Crippen LogP contribution in [0.1, 0.15) is 10.4 Å². The molecule has 5 nitrogen and oxygen atoms in total. The van der Waals surface area contributed by atoms with Crippen LogP contribution in [0.2, 0.25) is 5.02 Å². The van der Waals surface area contributed by atoms with Crippen LogP contribution in [0.25, 0.3) is 6.08 Å². The van der Waals surface area contributed by atoms with Crippen LogP contribution in [-0.2, 0) is 0 Å². The fraction of sp³-hybridized carbons (Fsp3) is 0. The second-order valence-corrected chi connectivity index (χ2v) is 7.00. The molecule has 0 bridgehead atoms. The Hall–Kier alpha value is -2.96. The van der Waals surface area contributed by atoms with Crippen LogP contribution < -0.4 is 10.2 Å². The smallest absolute Gasteiger partial charge is 0.306 e. The van der Waals surface area contributed by atoms with Crippen molar-refractivity contribution in [2.75, 3.05) is 5.32 Å². The van der Waals surface area contributed by atoms with Crippen LogP contribution in [0.5, 0.6) is 0 Å². The summed E-state index contributed by atoms with van der Waals surface area (Å²) in [6, 6.07) is 17.1. The molecule has 2 aromatic carbocycles. The van der Waals surface area contributed by atoms with E-state index in [1.807, 2.05) is 48.5 Å². The Morgan fingerprint density at radius 3 is 2.62 bits per heavy atom. The molecule has 0 atom stereocenters. The van der Waals surface area contributed by atoms with E-state index in [0.29, 0.717) is 10.8 Å². The molecule has 0 unspecified atom stereocenters. The number of halogens is 1. The van der Waals surface area contributed by atoms with Crippen molar-refractivity contribution in [1.82, 2.24) is 4.98 Å². The fourth-order valence-electron chi connectivity index (χ4n) is 2.55. The summed E-state index contributed by atoms with van der Waals surface area (Å²) in [6.07, 6.45) is 3.60. The lowest BCUT2D eigenvalue weighted by Gasteiger charge is -2.06. The molecular weight excluding hydrogens is 368 g/mol. The number of aromatic nitrogens is 1. The average molecular weight is 381 g/mol. The van der Waals surface area contributed by atoms with Crippen LogP contribution in [0.4, 0.5) is 11.5 Å². The molecule has 7 heteroatoms. The summed E-state index contributed by atoms with van der Waals surface area (Å²) in [5.74, 6) is 0.627. The zero-order valence-electron chi connectivity index (χ0n) is 13.4. The van der Waals surface area contributed by atoms with E-state index >= 15 is 0 Å². The molecule has 1 aliphatic rings. The van der Waals surface area contributed by atoms with Crippen molar-refractivity contribution in [2.45, 2.75) is 0 Å². The molecule has 2 heterocycles. The first-order valence-electron chi connectivity index (χ1n) is 7.83. The van der Waals surface area contributed by atoms with Crippen LogP contribution in [-0.4, -0.2) is 16.9 Å². The number of thiazole rings is 1. The fourth-order valence-corrected chi connectivity index (χ4v) is 3.42. The largest absolute Gasteiger partial charge is 0.341 e. The first kappa shape index (κ1) is 16.5. The number of nitrogens with zero attached hydrogens (tertiary/aromatic N) is 2. The minimum Gasteiger partial charge on any atom is -0.341 e. The molecule has 0 amide bonds. The van der Waals surface area contributed by atoms with Crippen molar-refractivity contribution < 1.29 is 0 Å². The molecule has 1 aliphatic heterocycles. The maximum atomic E-state index is 11.9. The van der Waals surface area contributed by atoms with Gasteiger partial charge in [0.2, 0.25) is 0 Å². The van der Waals surface area contributed by atoms with Gasteiger partial charge in [0.1, 0.15) is 11.5 Å². The number of aromatic amines is 1. The number of benzene rings is 2. The number of rotatable bonds is 4. The summed E-state index contributed by atoms with van der Waals surface area (Å²) in [5.41, 5.74) is 3.45. The Bertz CT molecular complexity index is 1080. The molecule has 2 N–H and O–H groups in total. The summed E-state index contributed by atoms with van der Waals surface area (Å²) in [7, 11) is 0. The van der Waals surface area contributed by atoms with Gasteiger partial charge in [-0.15, -0.1) is 5.10 Å². The van der Waals surface area contributed by atoms with Gasteiger partial charge in [0, 0.05) is 21.8 Å². The van der Waals surface area contributed by atoms with Gasteiger partial charge < -0.3 is 5.32 Å². The molecular formula is C19H13ClN4OS. The third-order valence-electron chi connectivity index (χ3n) is 3.75. The Balaban J connectivity index is 1.67. The van der Waals surface area contributed by atoms with E-state index in [0.717, 1.165) is 38.7 Å². The topological polar surface area (TPSA) is 69.6 Å². The average Bonchev–Trinajstić information content (AvgIpc) is 3.25. The minimum absolute atomic E-state index is 0.138. The van der Waals surface area contributed by atoms with Gasteiger partial charge in [-0.25, -0.2) is 0 Å². The quantitative estimate of drug-likeness (QED) is 0.688. The molecule has 3 aromatic rings. The molecule has 0 aliphatic carbocycles. The summed E-state index contributed by atoms with van der Waals surface area (Å²) in [6.45, 7) is 0. The van der Waals surface area contributed by atoms with Gasteiger partial charge in [0.05, 0.1) is 11.1 Å². The van der Waals surface area contributed by atoms with Crippen LogP contribution in [0.3, 0.4) is 0 Å². The Morgan fingerprint density at radius 1 is 1.08 bits per heavy atom. The summed E-state index contributed by atoms with van der Waals surface area (Å²) in [4.78, 5) is 15.4. The van der Waals surface area contributed by atoms with E-state index in [-0.39, 0.29) is 4.87 Å². The van der Waals surface area contributed by atoms with Crippen LogP contribution in [0, 0.1) is 0 Å². The first-order valence-corrected chi connectivity index (χ1v) is 9.03. The van der Waals surface area contributed by atoms with Gasteiger partial charge >= 0.3 is 4.87 Å². The molecule has 128 valence electrons. The number of anilines is 2. The third kappa shape index (κ3) is 3.51. The van der Waals surface area contributed by atoms with Crippen molar-refractivity contribution >= 4 is 52.4 Å². The molecule has 0 spiro atoms. The number of nitrogens with one attached hydrogen (secondary N) is 2. The molecule has 26 heavy (non-hydrogen) atoms. The van der Waals surface area contributed by atoms with Crippen molar-refractivity contribution in [3.05, 3.63) is 85.3 Å². The van der Waals surface area contributed by atoms with E-state index in [1.165, 1.54) is 0 Å². The molecule has 0 fully saturated rings. The Kier molecular flexibility index (Phi) is 4.51. The lowest BCUT2D eigenvalue weighted by atomic mass is 10.0. The first-order chi connectivity index (χ1) is 12.7. The second kappa shape index (κ2) is 7.11. The minimum atomic E-state index is -0.138. The number of hydrogen-bond donors (Lipinski definition) is 2. The maximum absolute atomic E-state index is 11.9. The molecule has 0 saturated carbocycles. The van der Waals surface area contributed by atoms with Crippen LogP contribution in [0.15, 0.2) is 75.2 Å². The van der Waals surface area contributed by atoms with E-state index in [1.54, 1.807) is 18.3 Å². The zero-order valence-corrected chi connectivity index (χ0v) is 15.0. The third-order valence-corrected chi connectivity index (χ3v) is 4.83. The van der Waals surface area contributed by atoms with Gasteiger partial charge in [-0.1, -0.05) is 53.3 Å². The summed E-state index contributed by atoms with van der Waals surface area (Å²) in [5, 5.41) is 12.1. The highest BCUT2D eigenvalue weighted by atomic mass is 35.5. The standard InChI is InChI=1S/C19H13ClN4OS/c20-14-6-8-15(9-7-14)22-18-16(26-19(25)23-18)10-13-11-21-24-17(13)12-4-2-1-3-5-12/h1-11,22H,(H,23,25). The molecule has 4 rings (SSSR count). The van der Waals surface area contributed by atoms with Crippen molar-refractivity contribution in [2.24, 2.45) is 10.2 Å². The predicted octanol–water partition coefficient (Wildman–Crippen LogP) is 4.71. The van der Waals surface area contributed by atoms with E-state index in [4.69, 9.17) is 11.6 Å². The Morgan fingerprint density at radius 2 is 1.85 bits per heavy atom. The van der Waals surface area contributed by atoms with Gasteiger partial charge in [-0.2, -0.15) is 5.10 Å². The van der Waals surface area contributed by atoms with E-state index in [2.05, 4.69) is 20.5 Å². The Labute approximate surface area is 158 Å². The van der Waals surface area contributed by atoms with Crippen molar-refractivity contribution in [3.8, 4) is 0 Å². The highest BCUT2D eigenvalue weighted by Crippen LogP contribution is 2.25. The maximum Gasteiger partial charge on any atom is 0.306 e. The summed E-state index contributed by atoms with van der Waals surface area (Å²) >= 11 is 7.05. The van der Waals surface area contributed by atoms with Gasteiger partial charge in [-0.3, -0.25) is 9.78 Å². The zero-order chi connectivity index (χ0) is 17.9. The number of allylic oxidation sites excluding steroid dienone is 1. The highest BCUT2D eigenvalue weighted by molar-refractivity contribution is 7.10. The number of hydrogen-bond acceptors (Lipinski definition) is 5. The predicted molar refractivity (Wildman–Crippen MR) is 109 cm³/mol. The van der Waals surface area contributed by atoms with Gasteiger partial charge in [0.25, 0.3) is 0 Å². The van der Waals surface area contributed by atoms with Gasteiger partial charge in [-0.05, 0) is 30.3 Å². The highest BCUT2D eigenvalue weighted by Gasteiger charge is 2.15. The number of H-pyrrole nitrogens is 1. The van der Waals surface area contributed by atoms with Crippen LogP contribution >= 0.6 is 22.9 Å². The van der Waals surface area contributed by atoms with Crippen molar-refractivity contribution in [1.29, 1.82) is 0 Å².